The van der Waals surface area contributed by atoms with Gasteiger partial charge in [0.15, 0.2) is 11.4 Å². The quantitative estimate of drug-likeness (QED) is 0.0569. The predicted molar refractivity (Wildman–Crippen MR) is 179 cm³/mol. The number of nitrogens with one attached hydrogen (secondary N) is 1. The molecule has 9 heteroatoms. The van der Waals surface area contributed by atoms with E-state index in [1.54, 1.807) is 44.2 Å². The largest absolute Gasteiger partial charge is 0.481 e. The van der Waals surface area contributed by atoms with Gasteiger partial charge in [0.2, 0.25) is 5.91 Å². The van der Waals surface area contributed by atoms with E-state index in [0.717, 1.165) is 44.1 Å². The average Bonchev–Trinajstić information content (AvgIpc) is 3.04. The van der Waals surface area contributed by atoms with Gasteiger partial charge in [0, 0.05) is 32.3 Å². The van der Waals surface area contributed by atoms with Gasteiger partial charge in [-0.05, 0) is 56.7 Å². The Hall–Kier alpha value is -3.48. The van der Waals surface area contributed by atoms with Crippen LogP contribution in [0.3, 0.4) is 0 Å². The molecule has 4 N–H and O–H groups in total. The third kappa shape index (κ3) is 15.7. The number of unbranched alkanes of at least 4 members (excludes halogenated alkanes) is 8. The van der Waals surface area contributed by atoms with Crippen molar-refractivity contribution in [1.82, 2.24) is 5.32 Å². The van der Waals surface area contributed by atoms with Crippen molar-refractivity contribution in [1.29, 1.82) is 0 Å². The summed E-state index contributed by atoms with van der Waals surface area (Å²) in [4.78, 5) is 50.5. The lowest BCUT2D eigenvalue weighted by atomic mass is 9.83. The van der Waals surface area contributed by atoms with E-state index in [4.69, 9.17) is 4.74 Å². The molecule has 1 amide bonds. The molecule has 3 atom stereocenters. The Labute approximate surface area is 275 Å². The van der Waals surface area contributed by atoms with Crippen LogP contribution in [0, 0.1) is 17.8 Å². The molecule has 0 aliphatic rings. The number of carboxylic acid groups (broad SMARTS) is 1. The molecule has 0 fully saturated rings. The van der Waals surface area contributed by atoms with Crippen LogP contribution in [-0.4, -0.2) is 63.6 Å². The summed E-state index contributed by atoms with van der Waals surface area (Å²) in [5.41, 5.74) is -1.81. The number of hydrogen-bond acceptors (Lipinski definition) is 7. The number of amides is 1. The molecule has 0 saturated carbocycles. The number of rotatable bonds is 26. The number of hydrogen-bond donors (Lipinski definition) is 4. The maximum absolute atomic E-state index is 13.5. The zero-order chi connectivity index (χ0) is 34.2. The number of aliphatic hydroxyl groups excluding tert-OH is 1. The van der Waals surface area contributed by atoms with E-state index in [2.05, 4.69) is 24.1 Å². The van der Waals surface area contributed by atoms with E-state index in [1.807, 2.05) is 0 Å². The molecular weight excluding hydrogens is 586 g/mol. The first kappa shape index (κ1) is 40.5. The second-order valence-electron chi connectivity index (χ2n) is 11.7. The fourth-order valence-electron chi connectivity index (χ4n) is 5.15. The summed E-state index contributed by atoms with van der Waals surface area (Å²) in [5, 5.41) is 33.1. The average molecular weight is 642 g/mol. The topological polar surface area (TPSA) is 150 Å². The van der Waals surface area contributed by atoms with Gasteiger partial charge in [-0.1, -0.05) is 82.6 Å². The number of Topliss-reactive ketones (excluding diaryl/α,β-unsaturated/α-hetero) is 2. The molecule has 0 aromatic heterocycles. The van der Waals surface area contributed by atoms with Crippen LogP contribution >= 0.6 is 0 Å². The zero-order valence-corrected chi connectivity index (χ0v) is 28.0. The maximum Gasteiger partial charge on any atom is 0.336 e. The summed E-state index contributed by atoms with van der Waals surface area (Å²) in [7, 11) is 0. The number of ketones is 2. The van der Waals surface area contributed by atoms with E-state index < -0.39 is 42.5 Å². The molecular formula is C37H55NO8. The Morgan fingerprint density at radius 1 is 0.957 bits per heavy atom. The summed E-state index contributed by atoms with van der Waals surface area (Å²) >= 11 is 0. The van der Waals surface area contributed by atoms with Crippen molar-refractivity contribution < 1.29 is 39.2 Å². The number of benzene rings is 1. The van der Waals surface area contributed by atoms with Crippen LogP contribution < -0.4 is 10.1 Å². The summed E-state index contributed by atoms with van der Waals surface area (Å²) in [6, 6.07) is 6.09. The van der Waals surface area contributed by atoms with Gasteiger partial charge in [0.25, 0.3) is 0 Å². The highest BCUT2D eigenvalue weighted by molar-refractivity contribution is 5.94. The first-order valence-corrected chi connectivity index (χ1v) is 16.8. The van der Waals surface area contributed by atoms with Crippen LogP contribution in [0.4, 0.5) is 0 Å². The Bertz CT molecular complexity index is 1150. The normalized spacial score (nSPS) is 13.7. The van der Waals surface area contributed by atoms with Crippen molar-refractivity contribution in [3.63, 3.8) is 0 Å². The molecule has 0 spiro atoms. The van der Waals surface area contributed by atoms with Gasteiger partial charge in [0.05, 0.1) is 12.0 Å². The van der Waals surface area contributed by atoms with Crippen molar-refractivity contribution in [2.75, 3.05) is 13.2 Å². The van der Waals surface area contributed by atoms with Crippen LogP contribution in [0.1, 0.15) is 116 Å². The van der Waals surface area contributed by atoms with Gasteiger partial charge in [-0.3, -0.25) is 14.4 Å². The zero-order valence-electron chi connectivity index (χ0n) is 28.0. The molecule has 0 aliphatic carbocycles. The molecule has 9 nitrogen and oxygen atoms in total. The molecule has 0 aliphatic heterocycles. The summed E-state index contributed by atoms with van der Waals surface area (Å²) in [5.74, 6) is 2.25. The fraction of sp³-hybridized carbons (Fsp3) is 0.622. The molecule has 1 rings (SSSR count). The van der Waals surface area contributed by atoms with Gasteiger partial charge in [0.1, 0.15) is 18.1 Å². The van der Waals surface area contributed by atoms with Crippen molar-refractivity contribution in [3.05, 3.63) is 42.0 Å². The van der Waals surface area contributed by atoms with Crippen LogP contribution in [0.25, 0.3) is 0 Å². The number of aliphatic hydroxyl groups is 2. The smallest absolute Gasteiger partial charge is 0.336 e. The number of allylic oxidation sites excluding steroid dienone is 1. The molecule has 1 aromatic rings. The molecule has 1 aromatic carbocycles. The highest BCUT2D eigenvalue weighted by Gasteiger charge is 2.47. The molecule has 46 heavy (non-hydrogen) atoms. The Morgan fingerprint density at radius 3 is 2.15 bits per heavy atom. The van der Waals surface area contributed by atoms with Crippen molar-refractivity contribution in [2.24, 2.45) is 5.92 Å². The van der Waals surface area contributed by atoms with Crippen LogP contribution in [0.5, 0.6) is 5.75 Å². The lowest BCUT2D eigenvalue weighted by Gasteiger charge is -2.30. The SMILES string of the molecule is CC#CCOc1ccc(C[C@H](NC(=O)[C@@H](/C=C/CCCCCCC(=O)CCCCCCC)[C@@](O)(CCO)C(=O)O)C(=O)CC)cc1. The first-order chi connectivity index (χ1) is 22.1. The molecule has 0 heterocycles. The van der Waals surface area contributed by atoms with Gasteiger partial charge in [-0.15, -0.1) is 5.92 Å². The van der Waals surface area contributed by atoms with Crippen LogP contribution in [0.2, 0.25) is 0 Å². The first-order valence-electron chi connectivity index (χ1n) is 16.8. The monoisotopic (exact) mass is 641 g/mol. The van der Waals surface area contributed by atoms with Gasteiger partial charge in [-0.2, -0.15) is 0 Å². The Kier molecular flexibility index (Phi) is 21.0. The van der Waals surface area contributed by atoms with E-state index in [1.165, 1.54) is 25.3 Å². The molecule has 0 radical (unpaired) electrons. The molecule has 0 saturated heterocycles. The standard InChI is InChI=1S/C37H55NO8/c1-4-7-9-12-15-18-30(40)19-16-13-10-11-14-17-20-32(37(45,25-26-39)36(43)44)35(42)38-33(34(41)6-3)28-29-21-23-31(24-22-29)46-27-8-5-2/h17,20-24,32-33,39,45H,4,6-7,9-16,18-19,25-28H2,1-3H3,(H,38,42)(H,43,44)/b20-17+/t32-,33+,37+/m1/s1. The molecule has 0 unspecified atom stereocenters. The number of carbonyl (C=O) groups is 4. The maximum atomic E-state index is 13.5. The third-order valence-corrected chi connectivity index (χ3v) is 8.03. The van der Waals surface area contributed by atoms with Crippen molar-refractivity contribution >= 4 is 23.4 Å². The molecule has 0 bridgehead atoms. The van der Waals surface area contributed by atoms with Gasteiger partial charge in [-0.25, -0.2) is 4.79 Å². The minimum atomic E-state index is -2.56. The second-order valence-corrected chi connectivity index (χ2v) is 11.7. The van der Waals surface area contributed by atoms with Gasteiger partial charge < -0.3 is 25.4 Å². The highest BCUT2D eigenvalue weighted by Crippen LogP contribution is 2.25. The predicted octanol–water partition coefficient (Wildman–Crippen LogP) is 5.74. The van der Waals surface area contributed by atoms with Crippen LogP contribution in [0.15, 0.2) is 36.4 Å². The summed E-state index contributed by atoms with van der Waals surface area (Å²) in [6.07, 6.45) is 13.6. The van der Waals surface area contributed by atoms with E-state index in [0.29, 0.717) is 30.8 Å². The fourth-order valence-corrected chi connectivity index (χ4v) is 5.15. The van der Waals surface area contributed by atoms with E-state index in [9.17, 15) is 34.5 Å². The van der Waals surface area contributed by atoms with Crippen molar-refractivity contribution in [3.8, 4) is 17.6 Å². The van der Waals surface area contributed by atoms with Crippen LogP contribution in [-0.2, 0) is 25.6 Å². The second kappa shape index (κ2) is 23.8. The van der Waals surface area contributed by atoms with Gasteiger partial charge >= 0.3 is 5.97 Å². The number of carbonyl (C=O) groups excluding carboxylic acids is 3. The molecule has 256 valence electrons. The lowest BCUT2D eigenvalue weighted by Crippen LogP contribution is -2.55. The minimum Gasteiger partial charge on any atom is -0.481 e. The highest BCUT2D eigenvalue weighted by atomic mass is 16.5. The third-order valence-electron chi connectivity index (χ3n) is 8.03. The summed E-state index contributed by atoms with van der Waals surface area (Å²) in [6.45, 7) is 5.17. The number of carboxylic acids is 1. The van der Waals surface area contributed by atoms with E-state index >= 15 is 0 Å². The summed E-state index contributed by atoms with van der Waals surface area (Å²) < 4.78 is 5.52. The number of ether oxygens (including phenoxy) is 1. The van der Waals surface area contributed by atoms with E-state index in [-0.39, 0.29) is 25.2 Å². The van der Waals surface area contributed by atoms with Crippen molar-refractivity contribution in [2.45, 2.75) is 129 Å². The Morgan fingerprint density at radius 2 is 1.59 bits per heavy atom. The minimum absolute atomic E-state index is 0.146. The Balaban J connectivity index is 2.82. The lowest BCUT2D eigenvalue weighted by molar-refractivity contribution is -0.168. The number of aliphatic carboxylic acids is 1.